The number of benzene rings is 1. The van der Waals surface area contributed by atoms with Crippen molar-refractivity contribution in [1.82, 2.24) is 4.72 Å². The molecular formula is C13H16N2O3S2. The highest BCUT2D eigenvalue weighted by Gasteiger charge is 2.15. The van der Waals surface area contributed by atoms with Crippen LogP contribution in [0.5, 0.6) is 5.75 Å². The number of thiophene rings is 1. The first-order valence-corrected chi connectivity index (χ1v) is 8.38. The number of nitrogens with two attached hydrogens (primary N) is 1. The molecule has 0 unspecified atom stereocenters. The van der Waals surface area contributed by atoms with Crippen LogP contribution in [0, 0.1) is 0 Å². The number of para-hydroxylation sites is 1. The van der Waals surface area contributed by atoms with E-state index in [9.17, 15) is 8.42 Å². The van der Waals surface area contributed by atoms with E-state index >= 15 is 0 Å². The van der Waals surface area contributed by atoms with Crippen LogP contribution in [-0.2, 0) is 16.6 Å². The molecule has 0 aliphatic carbocycles. The molecule has 20 heavy (non-hydrogen) atoms. The van der Waals surface area contributed by atoms with E-state index in [2.05, 4.69) is 4.72 Å². The monoisotopic (exact) mass is 312 g/mol. The summed E-state index contributed by atoms with van der Waals surface area (Å²) in [4.78, 5) is 0.839. The predicted molar refractivity (Wildman–Crippen MR) is 79.3 cm³/mol. The summed E-state index contributed by atoms with van der Waals surface area (Å²) in [6.45, 7) is 0.836. The van der Waals surface area contributed by atoms with E-state index < -0.39 is 10.0 Å². The lowest BCUT2D eigenvalue weighted by atomic mass is 10.3. The largest absolute Gasteiger partial charge is 0.492 e. The average molecular weight is 312 g/mol. The van der Waals surface area contributed by atoms with Crippen LogP contribution in [0.2, 0.25) is 0 Å². The summed E-state index contributed by atoms with van der Waals surface area (Å²) in [7, 11) is -3.47. The fourth-order valence-corrected chi connectivity index (χ4v) is 3.84. The van der Waals surface area contributed by atoms with E-state index in [-0.39, 0.29) is 17.4 Å². The van der Waals surface area contributed by atoms with Crippen LogP contribution in [0.15, 0.2) is 46.7 Å². The SMILES string of the molecule is NCc1ccc(S(=O)(=O)NCCOc2ccccc2)s1. The van der Waals surface area contributed by atoms with Crippen LogP contribution >= 0.6 is 11.3 Å². The molecule has 0 amide bonds. The molecule has 0 aliphatic rings. The Hall–Kier alpha value is -1.41. The van der Waals surface area contributed by atoms with Crippen LogP contribution < -0.4 is 15.2 Å². The Kier molecular flexibility index (Phi) is 5.13. The molecular weight excluding hydrogens is 296 g/mol. The molecule has 1 heterocycles. The molecule has 1 aromatic carbocycles. The molecule has 7 heteroatoms. The van der Waals surface area contributed by atoms with E-state index in [1.54, 1.807) is 12.1 Å². The Labute approximate surface area is 122 Å². The van der Waals surface area contributed by atoms with Gasteiger partial charge in [-0.2, -0.15) is 0 Å². The van der Waals surface area contributed by atoms with Gasteiger partial charge in [0.2, 0.25) is 10.0 Å². The zero-order valence-electron chi connectivity index (χ0n) is 10.8. The van der Waals surface area contributed by atoms with Gasteiger partial charge in [0.1, 0.15) is 16.6 Å². The summed E-state index contributed by atoms with van der Waals surface area (Å²) >= 11 is 1.18. The van der Waals surface area contributed by atoms with Crippen molar-refractivity contribution in [3.63, 3.8) is 0 Å². The van der Waals surface area contributed by atoms with Crippen molar-refractivity contribution in [3.05, 3.63) is 47.3 Å². The summed E-state index contributed by atoms with van der Waals surface area (Å²) in [6, 6.07) is 12.5. The molecule has 108 valence electrons. The van der Waals surface area contributed by atoms with E-state index in [1.165, 1.54) is 11.3 Å². The summed E-state index contributed by atoms with van der Waals surface area (Å²) in [6.07, 6.45) is 0. The molecule has 0 atom stereocenters. The Balaban J connectivity index is 1.84. The number of nitrogens with one attached hydrogen (secondary N) is 1. The molecule has 0 aliphatic heterocycles. The predicted octanol–water partition coefficient (Wildman–Crippen LogP) is 1.56. The topological polar surface area (TPSA) is 81.4 Å². The second-order valence-electron chi connectivity index (χ2n) is 3.98. The Bertz CT molecular complexity index is 639. The molecule has 0 bridgehead atoms. The first-order chi connectivity index (χ1) is 9.62. The van der Waals surface area contributed by atoms with Crippen LogP contribution in [-0.4, -0.2) is 21.6 Å². The summed E-state index contributed by atoms with van der Waals surface area (Å²) in [5.74, 6) is 0.716. The summed E-state index contributed by atoms with van der Waals surface area (Å²) in [5, 5.41) is 0. The van der Waals surface area contributed by atoms with E-state index in [0.717, 1.165) is 4.88 Å². The highest BCUT2D eigenvalue weighted by atomic mass is 32.2. The van der Waals surface area contributed by atoms with Crippen LogP contribution in [0.25, 0.3) is 0 Å². The molecule has 0 spiro atoms. The zero-order valence-corrected chi connectivity index (χ0v) is 12.4. The van der Waals surface area contributed by atoms with E-state index in [1.807, 2.05) is 30.3 Å². The van der Waals surface area contributed by atoms with Gasteiger partial charge in [0, 0.05) is 18.0 Å². The minimum absolute atomic E-state index is 0.215. The van der Waals surface area contributed by atoms with Gasteiger partial charge in [-0.1, -0.05) is 18.2 Å². The summed E-state index contributed by atoms with van der Waals surface area (Å²) in [5.41, 5.74) is 5.47. The van der Waals surface area contributed by atoms with Gasteiger partial charge in [0.25, 0.3) is 0 Å². The van der Waals surface area contributed by atoms with Gasteiger partial charge in [-0.15, -0.1) is 11.3 Å². The van der Waals surface area contributed by atoms with Gasteiger partial charge in [0.05, 0.1) is 0 Å². The standard InChI is InChI=1S/C13H16N2O3S2/c14-10-12-6-7-13(19-12)20(16,17)15-8-9-18-11-4-2-1-3-5-11/h1-7,15H,8-10,14H2. The van der Waals surface area contributed by atoms with Crippen molar-refractivity contribution in [3.8, 4) is 5.75 Å². The summed E-state index contributed by atoms with van der Waals surface area (Å²) < 4.78 is 32.1. The van der Waals surface area contributed by atoms with Crippen LogP contribution in [0.1, 0.15) is 4.88 Å². The van der Waals surface area contributed by atoms with Crippen molar-refractivity contribution in [2.75, 3.05) is 13.2 Å². The maximum Gasteiger partial charge on any atom is 0.250 e. The molecule has 0 radical (unpaired) electrons. The molecule has 0 saturated heterocycles. The second-order valence-corrected chi connectivity index (χ2v) is 7.15. The molecule has 1 aromatic heterocycles. The molecule has 5 nitrogen and oxygen atoms in total. The van der Waals surface area contributed by atoms with Crippen molar-refractivity contribution < 1.29 is 13.2 Å². The van der Waals surface area contributed by atoms with Gasteiger partial charge < -0.3 is 10.5 Å². The van der Waals surface area contributed by atoms with E-state index in [4.69, 9.17) is 10.5 Å². The molecule has 2 aromatic rings. The molecule has 2 rings (SSSR count). The van der Waals surface area contributed by atoms with Crippen LogP contribution in [0.4, 0.5) is 0 Å². The number of rotatable bonds is 7. The smallest absolute Gasteiger partial charge is 0.250 e. The van der Waals surface area contributed by atoms with Crippen molar-refractivity contribution in [2.45, 2.75) is 10.8 Å². The fraction of sp³-hybridized carbons (Fsp3) is 0.231. The highest BCUT2D eigenvalue weighted by molar-refractivity contribution is 7.91. The third-order valence-corrected chi connectivity index (χ3v) is 5.57. The lowest BCUT2D eigenvalue weighted by Crippen LogP contribution is -2.27. The third kappa shape index (κ3) is 4.04. The Morgan fingerprint density at radius 3 is 2.55 bits per heavy atom. The van der Waals surface area contributed by atoms with Crippen molar-refractivity contribution in [2.24, 2.45) is 5.73 Å². The lowest BCUT2D eigenvalue weighted by molar-refractivity contribution is 0.323. The Morgan fingerprint density at radius 2 is 1.90 bits per heavy atom. The number of ether oxygens (including phenoxy) is 1. The zero-order chi connectivity index (χ0) is 14.4. The third-order valence-electron chi connectivity index (χ3n) is 2.51. The van der Waals surface area contributed by atoms with Crippen molar-refractivity contribution in [1.29, 1.82) is 0 Å². The number of hydrogen-bond donors (Lipinski definition) is 2. The minimum atomic E-state index is -3.47. The molecule has 3 N–H and O–H groups in total. The maximum absolute atomic E-state index is 12.0. The Morgan fingerprint density at radius 1 is 1.15 bits per heavy atom. The highest BCUT2D eigenvalue weighted by Crippen LogP contribution is 2.20. The number of hydrogen-bond acceptors (Lipinski definition) is 5. The van der Waals surface area contributed by atoms with Gasteiger partial charge in [-0.25, -0.2) is 13.1 Å². The first kappa shape index (κ1) is 15.0. The quantitative estimate of drug-likeness (QED) is 0.760. The fourth-order valence-electron chi connectivity index (χ4n) is 1.55. The van der Waals surface area contributed by atoms with Crippen molar-refractivity contribution >= 4 is 21.4 Å². The average Bonchev–Trinajstić information content (AvgIpc) is 2.95. The van der Waals surface area contributed by atoms with Gasteiger partial charge >= 0.3 is 0 Å². The second kappa shape index (κ2) is 6.85. The molecule has 0 saturated carbocycles. The normalized spacial score (nSPS) is 11.4. The number of sulfonamides is 1. The van der Waals surface area contributed by atoms with Crippen LogP contribution in [0.3, 0.4) is 0 Å². The molecule has 0 fully saturated rings. The van der Waals surface area contributed by atoms with Gasteiger partial charge in [-0.05, 0) is 24.3 Å². The van der Waals surface area contributed by atoms with Gasteiger partial charge in [-0.3, -0.25) is 0 Å². The first-order valence-electron chi connectivity index (χ1n) is 6.08. The van der Waals surface area contributed by atoms with Gasteiger partial charge in [0.15, 0.2) is 0 Å². The van der Waals surface area contributed by atoms with E-state index in [0.29, 0.717) is 12.3 Å². The lowest BCUT2D eigenvalue weighted by Gasteiger charge is -2.07. The minimum Gasteiger partial charge on any atom is -0.492 e. The maximum atomic E-state index is 12.0.